The van der Waals surface area contributed by atoms with Gasteiger partial charge < -0.3 is 9.80 Å². The van der Waals surface area contributed by atoms with Crippen LogP contribution in [0.15, 0.2) is 23.8 Å². The normalized spacial score (nSPS) is 25.1. The standard InChI is InChI=1S/C13H20N2O/c1-14(2)12-8-9-15(10-12)13(16)11-6-4-3-5-7-11/h4,6-7,12H,3,5,8-10H2,1-2H3/t12-/m0/s1. The van der Waals surface area contributed by atoms with Gasteiger partial charge in [0.1, 0.15) is 0 Å². The lowest BCUT2D eigenvalue weighted by atomic mass is 10.1. The third kappa shape index (κ3) is 2.35. The van der Waals surface area contributed by atoms with E-state index in [0.29, 0.717) is 6.04 Å². The molecule has 0 unspecified atom stereocenters. The molecule has 1 aliphatic carbocycles. The molecule has 88 valence electrons. The predicted molar refractivity (Wildman–Crippen MR) is 65.1 cm³/mol. The molecule has 3 nitrogen and oxygen atoms in total. The first-order valence-electron chi connectivity index (χ1n) is 6.01. The number of carbonyl (C=O) groups excluding carboxylic acids is 1. The van der Waals surface area contributed by atoms with Gasteiger partial charge in [0.05, 0.1) is 0 Å². The molecule has 1 amide bonds. The number of rotatable bonds is 2. The molecule has 1 aliphatic heterocycles. The molecule has 0 aromatic rings. The minimum absolute atomic E-state index is 0.209. The summed E-state index contributed by atoms with van der Waals surface area (Å²) in [6, 6.07) is 0.525. The number of carbonyl (C=O) groups is 1. The van der Waals surface area contributed by atoms with Crippen molar-refractivity contribution in [2.75, 3.05) is 27.2 Å². The van der Waals surface area contributed by atoms with Gasteiger partial charge in [0.2, 0.25) is 0 Å². The molecular weight excluding hydrogens is 200 g/mol. The van der Waals surface area contributed by atoms with Crippen LogP contribution in [0.2, 0.25) is 0 Å². The molecular formula is C13H20N2O. The Hall–Kier alpha value is -1.09. The fraction of sp³-hybridized carbons (Fsp3) is 0.615. The summed E-state index contributed by atoms with van der Waals surface area (Å²) in [5.74, 6) is 0.209. The number of hydrogen-bond acceptors (Lipinski definition) is 2. The maximum absolute atomic E-state index is 12.2. The largest absolute Gasteiger partial charge is 0.337 e. The highest BCUT2D eigenvalue weighted by Gasteiger charge is 2.28. The summed E-state index contributed by atoms with van der Waals surface area (Å²) in [6.45, 7) is 1.77. The van der Waals surface area contributed by atoms with E-state index in [2.05, 4.69) is 31.1 Å². The summed E-state index contributed by atoms with van der Waals surface area (Å²) in [7, 11) is 4.16. The molecule has 0 spiro atoms. The maximum atomic E-state index is 12.2. The van der Waals surface area contributed by atoms with Gasteiger partial charge in [-0.1, -0.05) is 18.2 Å². The van der Waals surface area contributed by atoms with E-state index in [1.165, 1.54) is 0 Å². The van der Waals surface area contributed by atoms with Gasteiger partial charge >= 0.3 is 0 Å². The van der Waals surface area contributed by atoms with Crippen molar-refractivity contribution in [1.82, 2.24) is 9.80 Å². The van der Waals surface area contributed by atoms with Gasteiger partial charge in [0.15, 0.2) is 0 Å². The highest BCUT2D eigenvalue weighted by atomic mass is 16.2. The Morgan fingerprint density at radius 3 is 2.81 bits per heavy atom. The van der Waals surface area contributed by atoms with Crippen molar-refractivity contribution in [3.8, 4) is 0 Å². The Balaban J connectivity index is 1.96. The highest BCUT2D eigenvalue weighted by Crippen LogP contribution is 2.18. The second-order valence-electron chi connectivity index (χ2n) is 4.80. The van der Waals surface area contributed by atoms with Crippen LogP contribution in [0, 0.1) is 0 Å². The molecule has 3 heteroatoms. The maximum Gasteiger partial charge on any atom is 0.253 e. The fourth-order valence-electron chi connectivity index (χ4n) is 2.30. The van der Waals surface area contributed by atoms with Crippen LogP contribution in [0.4, 0.5) is 0 Å². The summed E-state index contributed by atoms with van der Waals surface area (Å²) in [5, 5.41) is 0. The average Bonchev–Trinajstić information content (AvgIpc) is 2.78. The molecule has 0 saturated carbocycles. The number of likely N-dealkylation sites (tertiary alicyclic amines) is 1. The van der Waals surface area contributed by atoms with E-state index in [1.54, 1.807) is 0 Å². The molecule has 0 radical (unpaired) electrons. The molecule has 1 atom stereocenters. The first-order valence-corrected chi connectivity index (χ1v) is 6.01. The molecule has 0 aromatic carbocycles. The SMILES string of the molecule is CN(C)[C@H]1CCN(C(=O)C2=CCCC=C2)C1. The quantitative estimate of drug-likeness (QED) is 0.703. The topological polar surface area (TPSA) is 23.6 Å². The Morgan fingerprint density at radius 2 is 2.25 bits per heavy atom. The Morgan fingerprint density at radius 1 is 1.44 bits per heavy atom. The molecule has 2 aliphatic rings. The van der Waals surface area contributed by atoms with Crippen LogP contribution in [0.1, 0.15) is 19.3 Å². The van der Waals surface area contributed by atoms with Gasteiger partial charge in [-0.05, 0) is 33.4 Å². The Labute approximate surface area is 97.4 Å². The first-order chi connectivity index (χ1) is 7.68. The third-order valence-electron chi connectivity index (χ3n) is 3.42. The van der Waals surface area contributed by atoms with Crippen LogP contribution in [0.25, 0.3) is 0 Å². The number of nitrogens with zero attached hydrogens (tertiary/aromatic N) is 2. The minimum Gasteiger partial charge on any atom is -0.337 e. The number of hydrogen-bond donors (Lipinski definition) is 0. The molecule has 1 fully saturated rings. The minimum atomic E-state index is 0.209. The molecule has 1 heterocycles. The van der Waals surface area contributed by atoms with Gasteiger partial charge in [0, 0.05) is 24.7 Å². The van der Waals surface area contributed by atoms with E-state index in [-0.39, 0.29) is 5.91 Å². The zero-order chi connectivity index (χ0) is 11.5. The molecule has 16 heavy (non-hydrogen) atoms. The monoisotopic (exact) mass is 220 g/mol. The van der Waals surface area contributed by atoms with Gasteiger partial charge in [-0.3, -0.25) is 4.79 Å². The van der Waals surface area contributed by atoms with Gasteiger partial charge in [-0.15, -0.1) is 0 Å². The van der Waals surface area contributed by atoms with Crippen LogP contribution < -0.4 is 0 Å². The number of amides is 1. The lowest BCUT2D eigenvalue weighted by Gasteiger charge is -2.21. The summed E-state index contributed by atoms with van der Waals surface area (Å²) >= 11 is 0. The summed E-state index contributed by atoms with van der Waals surface area (Å²) in [4.78, 5) is 16.3. The number of allylic oxidation sites excluding steroid dienone is 2. The lowest BCUT2D eigenvalue weighted by Crippen LogP contribution is -2.35. The van der Waals surface area contributed by atoms with E-state index in [4.69, 9.17) is 0 Å². The van der Waals surface area contributed by atoms with Gasteiger partial charge in [-0.25, -0.2) is 0 Å². The second kappa shape index (κ2) is 4.83. The number of likely N-dealkylation sites (N-methyl/N-ethyl adjacent to an activating group) is 1. The highest BCUT2D eigenvalue weighted by molar-refractivity contribution is 5.96. The molecule has 2 rings (SSSR count). The van der Waals surface area contributed by atoms with E-state index in [0.717, 1.165) is 37.9 Å². The zero-order valence-corrected chi connectivity index (χ0v) is 10.1. The average molecular weight is 220 g/mol. The smallest absolute Gasteiger partial charge is 0.253 e. The van der Waals surface area contributed by atoms with Crippen molar-refractivity contribution in [3.63, 3.8) is 0 Å². The molecule has 0 N–H and O–H groups in total. The van der Waals surface area contributed by atoms with Crippen LogP contribution >= 0.6 is 0 Å². The van der Waals surface area contributed by atoms with Crippen molar-refractivity contribution >= 4 is 5.91 Å². The van der Waals surface area contributed by atoms with Crippen molar-refractivity contribution in [2.45, 2.75) is 25.3 Å². The van der Waals surface area contributed by atoms with Crippen LogP contribution in [0.3, 0.4) is 0 Å². The first kappa shape index (κ1) is 11.4. The lowest BCUT2D eigenvalue weighted by molar-refractivity contribution is -0.125. The summed E-state index contributed by atoms with van der Waals surface area (Å²) < 4.78 is 0. The second-order valence-corrected chi connectivity index (χ2v) is 4.80. The van der Waals surface area contributed by atoms with Gasteiger partial charge in [0.25, 0.3) is 5.91 Å². The Kier molecular flexibility index (Phi) is 3.44. The van der Waals surface area contributed by atoms with E-state index in [9.17, 15) is 4.79 Å². The van der Waals surface area contributed by atoms with Crippen molar-refractivity contribution in [2.24, 2.45) is 0 Å². The van der Waals surface area contributed by atoms with Crippen LogP contribution in [-0.4, -0.2) is 48.9 Å². The zero-order valence-electron chi connectivity index (χ0n) is 10.1. The Bertz CT molecular complexity index is 331. The van der Waals surface area contributed by atoms with Gasteiger partial charge in [-0.2, -0.15) is 0 Å². The molecule has 1 saturated heterocycles. The van der Waals surface area contributed by atoms with Crippen molar-refractivity contribution in [3.05, 3.63) is 23.8 Å². The fourth-order valence-corrected chi connectivity index (χ4v) is 2.30. The van der Waals surface area contributed by atoms with E-state index in [1.807, 2.05) is 11.0 Å². The predicted octanol–water partition coefficient (Wildman–Crippen LogP) is 1.43. The van der Waals surface area contributed by atoms with Crippen LogP contribution in [0.5, 0.6) is 0 Å². The van der Waals surface area contributed by atoms with Crippen LogP contribution in [-0.2, 0) is 4.79 Å². The van der Waals surface area contributed by atoms with E-state index >= 15 is 0 Å². The third-order valence-corrected chi connectivity index (χ3v) is 3.42. The van der Waals surface area contributed by atoms with E-state index < -0.39 is 0 Å². The molecule has 0 aromatic heterocycles. The van der Waals surface area contributed by atoms with Crippen molar-refractivity contribution < 1.29 is 4.79 Å². The summed E-state index contributed by atoms with van der Waals surface area (Å²) in [6.07, 6.45) is 9.28. The van der Waals surface area contributed by atoms with Crippen molar-refractivity contribution in [1.29, 1.82) is 0 Å². The summed E-state index contributed by atoms with van der Waals surface area (Å²) in [5.41, 5.74) is 0.880. The molecule has 0 bridgehead atoms.